The van der Waals surface area contributed by atoms with Crippen molar-refractivity contribution in [1.29, 1.82) is 0 Å². The quantitative estimate of drug-likeness (QED) is 0.494. The lowest BCUT2D eigenvalue weighted by Crippen LogP contribution is -2.47. The highest BCUT2D eigenvalue weighted by Crippen LogP contribution is 2.35. The summed E-state index contributed by atoms with van der Waals surface area (Å²) in [4.78, 5) is 24.4. The van der Waals surface area contributed by atoms with Gasteiger partial charge in [-0.2, -0.15) is 0 Å². The van der Waals surface area contributed by atoms with E-state index in [1.54, 1.807) is 27.7 Å². The number of rotatable bonds is 8. The van der Waals surface area contributed by atoms with E-state index in [0.717, 1.165) is 6.26 Å². The topological polar surface area (TPSA) is 86.7 Å². The summed E-state index contributed by atoms with van der Waals surface area (Å²) in [6, 6.07) is 0. The Balaban J connectivity index is 5.56. The van der Waals surface area contributed by atoms with Crippen molar-refractivity contribution in [1.82, 2.24) is 0 Å². The molecule has 0 spiro atoms. The molecule has 0 aromatic heterocycles. The summed E-state index contributed by atoms with van der Waals surface area (Å²) in [6.07, 6.45) is 0.926. The van der Waals surface area contributed by atoms with Crippen LogP contribution in [0.1, 0.15) is 34.1 Å². The second kappa shape index (κ2) is 7.61. The van der Waals surface area contributed by atoms with Crippen LogP contribution in [0.15, 0.2) is 0 Å². The number of sulfone groups is 1. The molecular formula is C13H24O6S. The van der Waals surface area contributed by atoms with Crippen molar-refractivity contribution < 1.29 is 27.5 Å². The fourth-order valence-electron chi connectivity index (χ4n) is 1.91. The molecule has 0 aromatic rings. The summed E-state index contributed by atoms with van der Waals surface area (Å²) >= 11 is 0. The first-order valence-corrected chi connectivity index (χ1v) is 8.70. The van der Waals surface area contributed by atoms with Gasteiger partial charge in [-0.1, -0.05) is 13.8 Å². The average Bonchev–Trinajstić information content (AvgIpc) is 2.28. The van der Waals surface area contributed by atoms with E-state index in [9.17, 15) is 18.0 Å². The minimum atomic E-state index is -3.30. The van der Waals surface area contributed by atoms with Crippen molar-refractivity contribution in [2.75, 3.05) is 25.2 Å². The van der Waals surface area contributed by atoms with Gasteiger partial charge in [0, 0.05) is 6.26 Å². The summed E-state index contributed by atoms with van der Waals surface area (Å²) in [5, 5.41) is 0. The Bertz CT molecular complexity index is 420. The van der Waals surface area contributed by atoms with E-state index >= 15 is 0 Å². The average molecular weight is 308 g/mol. The van der Waals surface area contributed by atoms with Crippen LogP contribution in [0.4, 0.5) is 0 Å². The van der Waals surface area contributed by atoms with Crippen LogP contribution in [0.5, 0.6) is 0 Å². The fourth-order valence-corrected chi connectivity index (χ4v) is 2.61. The smallest absolute Gasteiger partial charge is 0.323 e. The molecule has 0 saturated carbocycles. The molecule has 0 amide bonds. The van der Waals surface area contributed by atoms with Crippen LogP contribution in [-0.2, 0) is 28.9 Å². The van der Waals surface area contributed by atoms with Gasteiger partial charge in [-0.3, -0.25) is 9.59 Å². The van der Waals surface area contributed by atoms with Crippen LogP contribution in [0.2, 0.25) is 0 Å². The van der Waals surface area contributed by atoms with Gasteiger partial charge in [-0.15, -0.1) is 0 Å². The molecule has 0 aliphatic rings. The van der Waals surface area contributed by atoms with Gasteiger partial charge < -0.3 is 9.47 Å². The lowest BCUT2D eigenvalue weighted by Gasteiger charge is -2.32. The lowest BCUT2D eigenvalue weighted by atomic mass is 9.75. The molecule has 0 atom stereocenters. The molecule has 0 saturated heterocycles. The standard InChI is InChI=1S/C13H24O6S/c1-6-18-11(14)13(10(3)4,12(15)19-7-2)8-9-20(5,16)17/h10H,6-9H2,1-5H3. The van der Waals surface area contributed by atoms with Crippen molar-refractivity contribution in [2.24, 2.45) is 11.3 Å². The van der Waals surface area contributed by atoms with Gasteiger partial charge in [0.1, 0.15) is 9.84 Å². The fraction of sp³-hybridized carbons (Fsp3) is 0.846. The van der Waals surface area contributed by atoms with E-state index < -0.39 is 33.1 Å². The number of carbonyl (C=O) groups excluding carboxylic acids is 2. The maximum atomic E-state index is 12.2. The number of hydrogen-bond acceptors (Lipinski definition) is 6. The Morgan fingerprint density at radius 2 is 1.45 bits per heavy atom. The van der Waals surface area contributed by atoms with Crippen LogP contribution in [0, 0.1) is 11.3 Å². The highest BCUT2D eigenvalue weighted by Gasteiger charge is 2.51. The van der Waals surface area contributed by atoms with Gasteiger partial charge in [0.25, 0.3) is 0 Å². The second-order valence-electron chi connectivity index (χ2n) is 4.95. The first-order valence-electron chi connectivity index (χ1n) is 6.64. The van der Waals surface area contributed by atoms with E-state index in [1.165, 1.54) is 0 Å². The molecule has 0 aromatic carbocycles. The van der Waals surface area contributed by atoms with Gasteiger partial charge in [-0.25, -0.2) is 8.42 Å². The summed E-state index contributed by atoms with van der Waals surface area (Å²) in [6.45, 7) is 6.85. The van der Waals surface area contributed by atoms with Gasteiger partial charge in [0.2, 0.25) is 0 Å². The Morgan fingerprint density at radius 3 is 1.70 bits per heavy atom. The van der Waals surface area contributed by atoms with Crippen LogP contribution >= 0.6 is 0 Å². The predicted octanol–water partition coefficient (Wildman–Crippen LogP) is 1.19. The van der Waals surface area contributed by atoms with E-state index in [4.69, 9.17) is 9.47 Å². The minimum Gasteiger partial charge on any atom is -0.465 e. The van der Waals surface area contributed by atoms with Crippen LogP contribution in [0.3, 0.4) is 0 Å². The van der Waals surface area contributed by atoms with Crippen molar-refractivity contribution >= 4 is 21.8 Å². The number of hydrogen-bond donors (Lipinski definition) is 0. The molecule has 20 heavy (non-hydrogen) atoms. The normalized spacial score (nSPS) is 12.3. The maximum Gasteiger partial charge on any atom is 0.323 e. The van der Waals surface area contributed by atoms with E-state index in [-0.39, 0.29) is 25.4 Å². The maximum absolute atomic E-state index is 12.2. The molecule has 7 heteroatoms. The van der Waals surface area contributed by atoms with Crippen LogP contribution in [-0.4, -0.2) is 45.6 Å². The van der Waals surface area contributed by atoms with E-state index in [1.807, 2.05) is 0 Å². The van der Waals surface area contributed by atoms with Crippen molar-refractivity contribution in [3.8, 4) is 0 Å². The van der Waals surface area contributed by atoms with Crippen LogP contribution in [0.25, 0.3) is 0 Å². The summed E-state index contributed by atoms with van der Waals surface area (Å²) in [5.41, 5.74) is -1.57. The summed E-state index contributed by atoms with van der Waals surface area (Å²) < 4.78 is 32.6. The predicted molar refractivity (Wildman–Crippen MR) is 74.9 cm³/mol. The second-order valence-corrected chi connectivity index (χ2v) is 7.21. The monoisotopic (exact) mass is 308 g/mol. The molecule has 6 nitrogen and oxygen atoms in total. The zero-order valence-corrected chi connectivity index (χ0v) is 13.6. The molecule has 0 N–H and O–H groups in total. The van der Waals surface area contributed by atoms with Gasteiger partial charge in [0.05, 0.1) is 19.0 Å². The molecule has 0 fully saturated rings. The number of ether oxygens (including phenoxy) is 2. The first-order chi connectivity index (χ1) is 9.11. The number of carbonyl (C=O) groups is 2. The summed E-state index contributed by atoms with van der Waals surface area (Å²) in [5.74, 6) is -2.15. The molecule has 0 radical (unpaired) electrons. The Hall–Kier alpha value is -1.11. The zero-order valence-electron chi connectivity index (χ0n) is 12.8. The molecule has 0 aliphatic carbocycles. The first kappa shape index (κ1) is 18.9. The molecule has 0 bridgehead atoms. The van der Waals surface area contributed by atoms with E-state index in [0.29, 0.717) is 0 Å². The van der Waals surface area contributed by atoms with Crippen molar-refractivity contribution in [3.05, 3.63) is 0 Å². The molecule has 0 rings (SSSR count). The highest BCUT2D eigenvalue weighted by molar-refractivity contribution is 7.90. The van der Waals surface area contributed by atoms with Crippen LogP contribution < -0.4 is 0 Å². The molecule has 0 heterocycles. The Morgan fingerprint density at radius 1 is 1.05 bits per heavy atom. The number of esters is 2. The third-order valence-electron chi connectivity index (χ3n) is 3.13. The molecular weight excluding hydrogens is 284 g/mol. The lowest BCUT2D eigenvalue weighted by molar-refractivity contribution is -0.176. The Kier molecular flexibility index (Phi) is 7.19. The van der Waals surface area contributed by atoms with Crippen molar-refractivity contribution in [3.63, 3.8) is 0 Å². The Labute approximate surface area is 120 Å². The SMILES string of the molecule is CCOC(=O)C(CCS(C)(=O)=O)(C(=O)OCC)C(C)C. The van der Waals surface area contributed by atoms with Gasteiger partial charge >= 0.3 is 11.9 Å². The minimum absolute atomic E-state index is 0.117. The van der Waals surface area contributed by atoms with Gasteiger partial charge in [0.15, 0.2) is 5.41 Å². The molecule has 0 unspecified atom stereocenters. The van der Waals surface area contributed by atoms with E-state index in [2.05, 4.69) is 0 Å². The zero-order chi connectivity index (χ0) is 16.0. The van der Waals surface area contributed by atoms with Crippen molar-refractivity contribution in [2.45, 2.75) is 34.1 Å². The third-order valence-corrected chi connectivity index (χ3v) is 4.08. The molecule has 0 aliphatic heterocycles. The molecule has 118 valence electrons. The largest absolute Gasteiger partial charge is 0.465 e. The third kappa shape index (κ3) is 4.77. The summed E-state index contributed by atoms with van der Waals surface area (Å²) in [7, 11) is -3.30. The highest BCUT2D eigenvalue weighted by atomic mass is 32.2. The van der Waals surface area contributed by atoms with Gasteiger partial charge in [-0.05, 0) is 26.2 Å².